The Morgan fingerprint density at radius 3 is 2.08 bits per heavy atom. The van der Waals surface area contributed by atoms with Gasteiger partial charge in [0.25, 0.3) is 0 Å². The van der Waals surface area contributed by atoms with Crippen LogP contribution in [0.15, 0.2) is 0 Å². The second-order valence-electron chi connectivity index (χ2n) is 5.35. The molecular weight excluding hydrogens is 150 g/mol. The summed E-state index contributed by atoms with van der Waals surface area (Å²) in [5.41, 5.74) is -0.299. The van der Waals surface area contributed by atoms with Gasteiger partial charge in [0.2, 0.25) is 0 Å². The van der Waals surface area contributed by atoms with E-state index < -0.39 is 5.60 Å². The zero-order chi connectivity index (χ0) is 9.57. The normalized spacial score (nSPS) is 39.0. The molecule has 12 heavy (non-hydrogen) atoms. The Labute approximate surface area is 75.6 Å². The van der Waals surface area contributed by atoms with Gasteiger partial charge in [-0.15, -0.1) is 0 Å². The van der Waals surface area contributed by atoms with Gasteiger partial charge in [-0.25, -0.2) is 0 Å². The number of nitrogens with zero attached hydrogens (tertiary/aromatic N) is 1. The van der Waals surface area contributed by atoms with Crippen molar-refractivity contribution in [2.75, 3.05) is 6.54 Å². The molecule has 0 aromatic heterocycles. The van der Waals surface area contributed by atoms with Crippen molar-refractivity contribution in [3.8, 4) is 0 Å². The summed E-state index contributed by atoms with van der Waals surface area (Å²) in [7, 11) is 0. The van der Waals surface area contributed by atoms with Crippen molar-refractivity contribution in [3.05, 3.63) is 0 Å². The minimum Gasteiger partial charge on any atom is -0.389 e. The van der Waals surface area contributed by atoms with Crippen molar-refractivity contribution in [3.63, 3.8) is 0 Å². The molecule has 1 N–H and O–H groups in total. The average Bonchev–Trinajstić information content (AvgIpc) is 2.03. The van der Waals surface area contributed by atoms with Gasteiger partial charge in [0.1, 0.15) is 0 Å². The molecule has 0 aliphatic carbocycles. The molecule has 72 valence electrons. The van der Waals surface area contributed by atoms with Crippen molar-refractivity contribution < 1.29 is 5.11 Å². The molecule has 2 heteroatoms. The van der Waals surface area contributed by atoms with E-state index in [4.69, 9.17) is 0 Å². The second-order valence-corrected chi connectivity index (χ2v) is 5.35. The summed E-state index contributed by atoms with van der Waals surface area (Å²) >= 11 is 0. The van der Waals surface area contributed by atoms with E-state index in [2.05, 4.69) is 32.6 Å². The lowest BCUT2D eigenvalue weighted by molar-refractivity contribution is 0.0506. The largest absolute Gasteiger partial charge is 0.389 e. The Hall–Kier alpha value is -0.0800. The fraction of sp³-hybridized carbons (Fsp3) is 1.00. The third kappa shape index (κ3) is 1.99. The quantitative estimate of drug-likeness (QED) is 0.599. The first-order chi connectivity index (χ1) is 5.22. The predicted molar refractivity (Wildman–Crippen MR) is 51.2 cm³/mol. The minimum atomic E-state index is -0.479. The van der Waals surface area contributed by atoms with E-state index in [1.165, 1.54) is 0 Å². The molecule has 0 amide bonds. The summed E-state index contributed by atoms with van der Waals surface area (Å²) in [5, 5.41) is 9.86. The SMILES string of the molecule is CC1CC(C)(O)CN1C(C)(C)C. The number of hydrogen-bond donors (Lipinski definition) is 1. The van der Waals surface area contributed by atoms with Crippen LogP contribution in [0.4, 0.5) is 0 Å². The molecule has 0 aromatic rings. The number of likely N-dealkylation sites (tertiary alicyclic amines) is 1. The Kier molecular flexibility index (Phi) is 2.26. The number of aliphatic hydroxyl groups is 1. The van der Waals surface area contributed by atoms with Crippen LogP contribution in [0.1, 0.15) is 41.0 Å². The monoisotopic (exact) mass is 171 g/mol. The summed E-state index contributed by atoms with van der Waals surface area (Å²) in [6.45, 7) is 11.5. The first-order valence-corrected chi connectivity index (χ1v) is 4.71. The topological polar surface area (TPSA) is 23.5 Å². The van der Waals surface area contributed by atoms with E-state index >= 15 is 0 Å². The highest BCUT2D eigenvalue weighted by atomic mass is 16.3. The number of β-amino-alcohol motifs (C(OH)–C–C–N with tert-alkyl or cyclic N) is 1. The van der Waals surface area contributed by atoms with Gasteiger partial charge in [0, 0.05) is 18.1 Å². The lowest BCUT2D eigenvalue weighted by Crippen LogP contribution is -2.44. The van der Waals surface area contributed by atoms with Crippen LogP contribution in [0, 0.1) is 0 Å². The van der Waals surface area contributed by atoms with Crippen molar-refractivity contribution in [2.24, 2.45) is 0 Å². The van der Waals surface area contributed by atoms with Gasteiger partial charge >= 0.3 is 0 Å². The van der Waals surface area contributed by atoms with E-state index in [0.717, 1.165) is 13.0 Å². The van der Waals surface area contributed by atoms with Gasteiger partial charge in [-0.1, -0.05) is 0 Å². The summed E-state index contributed by atoms with van der Waals surface area (Å²) in [4.78, 5) is 2.37. The Bertz CT molecular complexity index is 169. The zero-order valence-corrected chi connectivity index (χ0v) is 8.89. The first kappa shape index (κ1) is 10.0. The van der Waals surface area contributed by atoms with Crippen LogP contribution in [0.2, 0.25) is 0 Å². The smallest absolute Gasteiger partial charge is 0.0761 e. The van der Waals surface area contributed by atoms with Gasteiger partial charge in [-0.2, -0.15) is 0 Å². The van der Waals surface area contributed by atoms with E-state index in [1.807, 2.05) is 6.92 Å². The maximum atomic E-state index is 9.86. The highest BCUT2D eigenvalue weighted by Crippen LogP contribution is 2.31. The van der Waals surface area contributed by atoms with Crippen molar-refractivity contribution in [1.29, 1.82) is 0 Å². The lowest BCUT2D eigenvalue weighted by Gasteiger charge is -2.35. The lowest BCUT2D eigenvalue weighted by atomic mass is 10.0. The fourth-order valence-electron chi connectivity index (χ4n) is 2.23. The Morgan fingerprint density at radius 1 is 1.42 bits per heavy atom. The molecule has 1 heterocycles. The minimum absolute atomic E-state index is 0.180. The van der Waals surface area contributed by atoms with Gasteiger partial charge in [0.05, 0.1) is 5.60 Å². The highest BCUT2D eigenvalue weighted by molar-refractivity contribution is 4.96. The molecule has 0 bridgehead atoms. The van der Waals surface area contributed by atoms with Crippen LogP contribution in [0.3, 0.4) is 0 Å². The molecular formula is C10H21NO. The molecule has 0 radical (unpaired) electrons. The third-order valence-corrected chi connectivity index (χ3v) is 2.64. The molecule has 0 spiro atoms. The van der Waals surface area contributed by atoms with Gasteiger partial charge in [0.15, 0.2) is 0 Å². The molecule has 1 saturated heterocycles. The Balaban J connectivity index is 2.71. The average molecular weight is 171 g/mol. The summed E-state index contributed by atoms with van der Waals surface area (Å²) in [6.07, 6.45) is 0.893. The number of hydrogen-bond acceptors (Lipinski definition) is 2. The van der Waals surface area contributed by atoms with E-state index in [-0.39, 0.29) is 5.54 Å². The standard InChI is InChI=1S/C10H21NO/c1-8-6-10(5,12)7-11(8)9(2,3)4/h8,12H,6-7H2,1-5H3. The maximum Gasteiger partial charge on any atom is 0.0761 e. The first-order valence-electron chi connectivity index (χ1n) is 4.71. The van der Waals surface area contributed by atoms with Crippen molar-refractivity contribution >= 4 is 0 Å². The van der Waals surface area contributed by atoms with Crippen LogP contribution in [-0.4, -0.2) is 33.7 Å². The third-order valence-electron chi connectivity index (χ3n) is 2.64. The Morgan fingerprint density at radius 2 is 1.92 bits per heavy atom. The second kappa shape index (κ2) is 2.71. The van der Waals surface area contributed by atoms with Crippen LogP contribution >= 0.6 is 0 Å². The number of rotatable bonds is 0. The molecule has 1 aliphatic rings. The summed E-state index contributed by atoms with van der Waals surface area (Å²) in [5.74, 6) is 0. The molecule has 0 aromatic carbocycles. The fourth-order valence-corrected chi connectivity index (χ4v) is 2.23. The molecule has 2 nitrogen and oxygen atoms in total. The van der Waals surface area contributed by atoms with Gasteiger partial charge in [-0.05, 0) is 41.0 Å². The van der Waals surface area contributed by atoms with Gasteiger partial charge < -0.3 is 5.11 Å². The molecule has 1 aliphatic heterocycles. The van der Waals surface area contributed by atoms with E-state index in [0.29, 0.717) is 6.04 Å². The summed E-state index contributed by atoms with van der Waals surface area (Å²) in [6, 6.07) is 0.500. The van der Waals surface area contributed by atoms with Crippen LogP contribution in [0.25, 0.3) is 0 Å². The molecule has 0 saturated carbocycles. The molecule has 1 rings (SSSR count). The molecule has 1 fully saturated rings. The van der Waals surface area contributed by atoms with Crippen LogP contribution < -0.4 is 0 Å². The van der Waals surface area contributed by atoms with Crippen LogP contribution in [0.5, 0.6) is 0 Å². The van der Waals surface area contributed by atoms with Gasteiger partial charge in [-0.3, -0.25) is 4.90 Å². The maximum absolute atomic E-state index is 9.86. The molecule has 2 atom stereocenters. The van der Waals surface area contributed by atoms with Crippen molar-refractivity contribution in [2.45, 2.75) is 58.2 Å². The van der Waals surface area contributed by atoms with Crippen molar-refractivity contribution in [1.82, 2.24) is 4.90 Å². The predicted octanol–water partition coefficient (Wildman–Crippen LogP) is 1.63. The van der Waals surface area contributed by atoms with Crippen LogP contribution in [-0.2, 0) is 0 Å². The summed E-state index contributed by atoms with van der Waals surface area (Å²) < 4.78 is 0. The molecule has 2 unspecified atom stereocenters. The van der Waals surface area contributed by atoms with E-state index in [1.54, 1.807) is 0 Å². The highest BCUT2D eigenvalue weighted by Gasteiger charge is 2.41. The van der Waals surface area contributed by atoms with E-state index in [9.17, 15) is 5.11 Å². The zero-order valence-electron chi connectivity index (χ0n) is 8.89.